The highest BCUT2D eigenvalue weighted by Crippen LogP contribution is 2.45. The van der Waals surface area contributed by atoms with Crippen LogP contribution in [-0.4, -0.2) is 96.7 Å². The van der Waals surface area contributed by atoms with Crippen molar-refractivity contribution >= 4 is 39.5 Å². The van der Waals surface area contributed by atoms with Crippen molar-refractivity contribution in [2.75, 3.05) is 39.6 Å². The van der Waals surface area contributed by atoms with Gasteiger partial charge >= 0.3 is 39.5 Å². The van der Waals surface area contributed by atoms with Crippen molar-refractivity contribution in [3.63, 3.8) is 0 Å². The summed E-state index contributed by atoms with van der Waals surface area (Å²) in [6.45, 7) is 13.9. The van der Waals surface area contributed by atoms with E-state index in [0.29, 0.717) is 31.6 Å². The fraction of sp³-hybridized carbons (Fsp3) is 0.935. The summed E-state index contributed by atoms with van der Waals surface area (Å²) in [5.41, 5.74) is 0. The second-order valence-corrected chi connectivity index (χ2v) is 26.6. The van der Waals surface area contributed by atoms with E-state index < -0.39 is 97.5 Å². The van der Waals surface area contributed by atoms with Gasteiger partial charge in [-0.25, -0.2) is 9.13 Å². The molecule has 0 heterocycles. The number of phosphoric acid groups is 2. The lowest BCUT2D eigenvalue weighted by atomic mass is 9.99. The quantitative estimate of drug-likeness (QED) is 0.0222. The third kappa shape index (κ3) is 53.3. The molecule has 0 aliphatic carbocycles. The van der Waals surface area contributed by atoms with Crippen molar-refractivity contribution in [2.24, 2.45) is 23.7 Å². The van der Waals surface area contributed by atoms with Crippen LogP contribution in [0.15, 0.2) is 0 Å². The number of unbranched alkanes of at least 4 members (excludes halogenated alkanes) is 22. The van der Waals surface area contributed by atoms with Crippen LogP contribution >= 0.6 is 15.6 Å². The Morgan fingerprint density at radius 3 is 0.877 bits per heavy atom. The van der Waals surface area contributed by atoms with E-state index >= 15 is 0 Å². The van der Waals surface area contributed by atoms with Crippen molar-refractivity contribution in [1.82, 2.24) is 0 Å². The van der Waals surface area contributed by atoms with Crippen molar-refractivity contribution in [1.29, 1.82) is 0 Å². The van der Waals surface area contributed by atoms with E-state index in [-0.39, 0.29) is 25.7 Å². The van der Waals surface area contributed by atoms with Gasteiger partial charge in [0.2, 0.25) is 0 Å². The normalized spacial score (nSPS) is 15.5. The Kier molecular flexibility index (Phi) is 51.1. The molecule has 17 nitrogen and oxygen atoms in total. The standard InChI is InChI=1S/C62H120O17P2/c1-9-53(6)39-31-23-14-12-13-15-26-34-42-59(64)72-48-57(79-62(67)45-37-29-21-18-25-33-41-55(8)11-3)50-76-80(68,69)74-46-56(63)47-75-81(70,71)77-51-58(78-61(66)44-36-28-19-16-22-30-38-52(4)5)49-73-60(65)43-35-27-20-17-24-32-40-54(7)10-2/h52-58,63H,9-51H2,1-8H3,(H,68,69)(H,70,71)/t53?,54?,55?,56-,57-,58-/m1/s1. The molecule has 8 atom stereocenters. The molecule has 0 aromatic rings. The lowest BCUT2D eigenvalue weighted by Crippen LogP contribution is -2.30. The maximum Gasteiger partial charge on any atom is 0.472 e. The molecule has 0 fully saturated rings. The fourth-order valence-electron chi connectivity index (χ4n) is 8.98. The summed E-state index contributed by atoms with van der Waals surface area (Å²) >= 11 is 0. The fourth-order valence-corrected chi connectivity index (χ4v) is 10.6. The molecule has 0 radical (unpaired) electrons. The largest absolute Gasteiger partial charge is 0.472 e. The molecule has 0 bridgehead atoms. The van der Waals surface area contributed by atoms with Crippen LogP contribution < -0.4 is 0 Å². The minimum atomic E-state index is -4.94. The van der Waals surface area contributed by atoms with E-state index in [9.17, 15) is 43.2 Å². The first-order chi connectivity index (χ1) is 38.7. The summed E-state index contributed by atoms with van der Waals surface area (Å²) in [7, 11) is -9.89. The second-order valence-electron chi connectivity index (χ2n) is 23.6. The monoisotopic (exact) mass is 1200 g/mol. The minimum absolute atomic E-state index is 0.100. The van der Waals surface area contributed by atoms with Gasteiger partial charge in [-0.2, -0.15) is 0 Å². The van der Waals surface area contributed by atoms with E-state index in [4.69, 9.17) is 37.0 Å². The highest BCUT2D eigenvalue weighted by atomic mass is 31.2. The van der Waals surface area contributed by atoms with E-state index in [0.717, 1.165) is 114 Å². The van der Waals surface area contributed by atoms with Crippen molar-refractivity contribution < 1.29 is 80.2 Å². The third-order valence-electron chi connectivity index (χ3n) is 15.2. The zero-order valence-corrected chi connectivity index (χ0v) is 54.2. The molecular formula is C62H120O17P2. The molecule has 3 N–H and O–H groups in total. The van der Waals surface area contributed by atoms with Gasteiger partial charge in [-0.3, -0.25) is 37.3 Å². The molecule has 5 unspecified atom stereocenters. The Labute approximate surface area is 492 Å². The summed E-state index contributed by atoms with van der Waals surface area (Å²) in [6, 6.07) is 0. The predicted molar refractivity (Wildman–Crippen MR) is 321 cm³/mol. The van der Waals surface area contributed by atoms with E-state index in [2.05, 4.69) is 55.4 Å². The molecule has 0 saturated carbocycles. The Hall–Kier alpha value is -1.94. The van der Waals surface area contributed by atoms with Crippen LogP contribution in [-0.2, 0) is 65.4 Å². The number of esters is 4. The number of aliphatic hydroxyl groups excluding tert-OH is 1. The molecule has 81 heavy (non-hydrogen) atoms. The molecule has 0 aromatic heterocycles. The van der Waals surface area contributed by atoms with Crippen LogP contribution in [0, 0.1) is 23.7 Å². The summed E-state index contributed by atoms with van der Waals surface area (Å²) in [4.78, 5) is 72.1. The van der Waals surface area contributed by atoms with Gasteiger partial charge in [-0.05, 0) is 49.4 Å². The van der Waals surface area contributed by atoms with Crippen LogP contribution in [0.5, 0.6) is 0 Å². The van der Waals surface area contributed by atoms with E-state index in [1.807, 2.05) is 0 Å². The van der Waals surface area contributed by atoms with E-state index in [1.54, 1.807) is 0 Å². The first-order valence-electron chi connectivity index (χ1n) is 32.3. The Morgan fingerprint density at radius 2 is 0.593 bits per heavy atom. The van der Waals surface area contributed by atoms with Gasteiger partial charge < -0.3 is 33.8 Å². The van der Waals surface area contributed by atoms with Gasteiger partial charge in [-0.1, -0.05) is 242 Å². The number of rotatable bonds is 59. The van der Waals surface area contributed by atoms with Crippen LogP contribution in [0.25, 0.3) is 0 Å². The number of ether oxygens (including phenoxy) is 4. The molecule has 0 aliphatic rings. The van der Waals surface area contributed by atoms with E-state index in [1.165, 1.54) is 89.9 Å². The average molecular weight is 1200 g/mol. The molecule has 0 aliphatic heterocycles. The smallest absolute Gasteiger partial charge is 0.462 e. The number of hydrogen-bond acceptors (Lipinski definition) is 15. The van der Waals surface area contributed by atoms with Crippen molar-refractivity contribution in [2.45, 2.75) is 311 Å². The van der Waals surface area contributed by atoms with Gasteiger partial charge in [0.05, 0.1) is 26.4 Å². The third-order valence-corrected chi connectivity index (χ3v) is 17.1. The highest BCUT2D eigenvalue weighted by Gasteiger charge is 2.30. The predicted octanol–water partition coefficient (Wildman–Crippen LogP) is 16.6. The number of phosphoric ester groups is 2. The maximum absolute atomic E-state index is 12.9. The minimum Gasteiger partial charge on any atom is -0.462 e. The molecule has 0 amide bonds. The van der Waals surface area contributed by atoms with Crippen molar-refractivity contribution in [3.05, 3.63) is 0 Å². The lowest BCUT2D eigenvalue weighted by Gasteiger charge is -2.21. The molecule has 19 heteroatoms. The second kappa shape index (κ2) is 52.4. The lowest BCUT2D eigenvalue weighted by molar-refractivity contribution is -0.161. The van der Waals surface area contributed by atoms with Crippen LogP contribution in [0.3, 0.4) is 0 Å². The summed E-state index contributed by atoms with van der Waals surface area (Å²) in [5, 5.41) is 10.5. The zero-order valence-electron chi connectivity index (χ0n) is 52.4. The zero-order chi connectivity index (χ0) is 60.4. The van der Waals surface area contributed by atoms with Crippen LogP contribution in [0.2, 0.25) is 0 Å². The number of aliphatic hydroxyl groups is 1. The number of carbonyl (C=O) groups excluding carboxylic acids is 4. The van der Waals surface area contributed by atoms with Crippen molar-refractivity contribution in [3.8, 4) is 0 Å². The van der Waals surface area contributed by atoms with Crippen LogP contribution in [0.1, 0.15) is 293 Å². The SMILES string of the molecule is CCC(C)CCCCCCCCCCC(=O)OC[C@H](COP(=O)(O)OC[C@@H](O)COP(=O)(O)OC[C@@H](COC(=O)CCCCCCCCC(C)CC)OC(=O)CCCCCCCCC(C)C)OC(=O)CCCCCCCCC(C)CC. The average Bonchev–Trinajstić information content (AvgIpc) is 3.43. The Balaban J connectivity index is 5.26. The topological polar surface area (TPSA) is 237 Å². The molecular weight excluding hydrogens is 1080 g/mol. The van der Waals surface area contributed by atoms with Gasteiger partial charge in [0, 0.05) is 25.7 Å². The van der Waals surface area contributed by atoms with Gasteiger partial charge in [0.15, 0.2) is 12.2 Å². The van der Waals surface area contributed by atoms with Gasteiger partial charge in [0.1, 0.15) is 19.3 Å². The summed E-state index contributed by atoms with van der Waals surface area (Å²) in [5.74, 6) is 0.749. The first kappa shape index (κ1) is 79.1. The Morgan fingerprint density at radius 1 is 0.346 bits per heavy atom. The highest BCUT2D eigenvalue weighted by molar-refractivity contribution is 7.47. The Bertz CT molecular complexity index is 1630. The number of hydrogen-bond donors (Lipinski definition) is 3. The van der Waals surface area contributed by atoms with Gasteiger partial charge in [-0.15, -0.1) is 0 Å². The maximum atomic E-state index is 12.9. The molecule has 480 valence electrons. The molecule has 0 spiro atoms. The molecule has 0 rings (SSSR count). The first-order valence-corrected chi connectivity index (χ1v) is 35.3. The molecule has 0 aromatic carbocycles. The van der Waals surface area contributed by atoms with Crippen LogP contribution in [0.4, 0.5) is 0 Å². The molecule has 0 saturated heterocycles. The van der Waals surface area contributed by atoms with Gasteiger partial charge in [0.25, 0.3) is 0 Å². The summed E-state index contributed by atoms with van der Waals surface area (Å²) in [6.07, 6.45) is 30.9. The number of carbonyl (C=O) groups is 4. The summed E-state index contributed by atoms with van der Waals surface area (Å²) < 4.78 is 67.9.